The number of carbonyl (C=O) groups is 2. The second-order valence-electron chi connectivity index (χ2n) is 9.51. The van der Waals surface area contributed by atoms with Gasteiger partial charge in [0.15, 0.2) is 6.61 Å². The molecular weight excluding hydrogens is 456 g/mol. The van der Waals surface area contributed by atoms with Gasteiger partial charge in [-0.15, -0.1) is 0 Å². The minimum atomic E-state index is -3.72. The molecule has 3 aliphatic rings. The Labute approximate surface area is 202 Å². The third-order valence-corrected chi connectivity index (χ3v) is 9.12. The van der Waals surface area contributed by atoms with E-state index in [1.807, 2.05) is 4.90 Å². The average molecular weight is 493 g/mol. The standard InChI is InChI=1S/C25H36N2O6S/c28-24(27(21-9-3-1-4-10-21)22-11-5-2-6-12-22)19-33-25(29)20-8-7-13-23(18-20)34(30,31)26-14-16-32-17-15-26/h7-8,13,18,21-22H,1-6,9-12,14-17,19H2. The van der Waals surface area contributed by atoms with Crippen molar-refractivity contribution < 1.29 is 27.5 Å². The number of rotatable bonds is 7. The molecule has 8 nitrogen and oxygen atoms in total. The van der Waals surface area contributed by atoms with Gasteiger partial charge in [-0.2, -0.15) is 4.31 Å². The summed E-state index contributed by atoms with van der Waals surface area (Å²) < 4.78 is 37.9. The van der Waals surface area contributed by atoms with Crippen LogP contribution in [-0.4, -0.2) is 74.5 Å². The third-order valence-electron chi connectivity index (χ3n) is 7.23. The zero-order chi connectivity index (χ0) is 24.0. The molecule has 1 heterocycles. The van der Waals surface area contributed by atoms with E-state index in [1.54, 1.807) is 0 Å². The summed E-state index contributed by atoms with van der Waals surface area (Å²) in [5.41, 5.74) is 0.129. The Hall–Kier alpha value is -1.97. The van der Waals surface area contributed by atoms with Gasteiger partial charge in [0.2, 0.25) is 10.0 Å². The summed E-state index contributed by atoms with van der Waals surface area (Å²) >= 11 is 0. The first kappa shape index (κ1) is 25.1. The van der Waals surface area contributed by atoms with Gasteiger partial charge in [0.05, 0.1) is 23.7 Å². The van der Waals surface area contributed by atoms with Crippen molar-refractivity contribution in [2.45, 2.75) is 81.2 Å². The molecule has 1 saturated heterocycles. The fourth-order valence-corrected chi connectivity index (χ4v) is 6.88. The molecule has 188 valence electrons. The van der Waals surface area contributed by atoms with E-state index in [2.05, 4.69) is 0 Å². The Balaban J connectivity index is 1.41. The monoisotopic (exact) mass is 492 g/mol. The maximum absolute atomic E-state index is 13.2. The van der Waals surface area contributed by atoms with Crippen LogP contribution in [0.3, 0.4) is 0 Å². The molecule has 3 fully saturated rings. The second-order valence-corrected chi connectivity index (χ2v) is 11.4. The molecule has 0 atom stereocenters. The van der Waals surface area contributed by atoms with Crippen molar-refractivity contribution in [2.24, 2.45) is 0 Å². The molecule has 0 unspecified atom stereocenters. The molecule has 1 amide bonds. The van der Waals surface area contributed by atoms with Gasteiger partial charge in [-0.05, 0) is 43.9 Å². The summed E-state index contributed by atoms with van der Waals surface area (Å²) in [6, 6.07) is 6.31. The van der Waals surface area contributed by atoms with Crippen molar-refractivity contribution >= 4 is 21.9 Å². The van der Waals surface area contributed by atoms with Gasteiger partial charge in [-0.25, -0.2) is 13.2 Å². The average Bonchev–Trinajstić information content (AvgIpc) is 2.89. The van der Waals surface area contributed by atoms with Gasteiger partial charge in [-0.3, -0.25) is 4.79 Å². The van der Waals surface area contributed by atoms with Crippen LogP contribution in [-0.2, 0) is 24.3 Å². The first-order chi connectivity index (χ1) is 16.5. The highest BCUT2D eigenvalue weighted by Gasteiger charge is 2.33. The number of nitrogens with zero attached hydrogens (tertiary/aromatic N) is 2. The Morgan fingerprint density at radius 3 is 2.12 bits per heavy atom. The van der Waals surface area contributed by atoms with Gasteiger partial charge in [-0.1, -0.05) is 44.6 Å². The smallest absolute Gasteiger partial charge is 0.338 e. The van der Waals surface area contributed by atoms with Gasteiger partial charge < -0.3 is 14.4 Å². The molecule has 1 aliphatic heterocycles. The molecule has 2 aliphatic carbocycles. The van der Waals surface area contributed by atoms with Gasteiger partial charge in [0.1, 0.15) is 0 Å². The van der Waals surface area contributed by atoms with Crippen molar-refractivity contribution in [3.05, 3.63) is 29.8 Å². The first-order valence-electron chi connectivity index (χ1n) is 12.6. The van der Waals surface area contributed by atoms with E-state index in [0.29, 0.717) is 13.2 Å². The topological polar surface area (TPSA) is 93.2 Å². The van der Waals surface area contributed by atoms with Crippen LogP contribution >= 0.6 is 0 Å². The first-order valence-corrected chi connectivity index (χ1v) is 14.1. The Kier molecular flexibility index (Phi) is 8.60. The predicted octanol–water partition coefficient (Wildman–Crippen LogP) is 3.36. The molecule has 0 aromatic heterocycles. The second kappa shape index (κ2) is 11.6. The minimum Gasteiger partial charge on any atom is -0.452 e. The normalized spacial score (nSPS) is 21.2. The molecule has 0 radical (unpaired) electrons. The lowest BCUT2D eigenvalue weighted by molar-refractivity contribution is -0.141. The van der Waals surface area contributed by atoms with E-state index < -0.39 is 16.0 Å². The lowest BCUT2D eigenvalue weighted by Gasteiger charge is -2.41. The maximum Gasteiger partial charge on any atom is 0.338 e. The van der Waals surface area contributed by atoms with E-state index >= 15 is 0 Å². The number of morpholine rings is 1. The maximum atomic E-state index is 13.2. The molecule has 2 saturated carbocycles. The fourth-order valence-electron chi connectivity index (χ4n) is 5.43. The number of hydrogen-bond acceptors (Lipinski definition) is 6. The Morgan fingerprint density at radius 2 is 1.53 bits per heavy atom. The molecular formula is C25H36N2O6S. The summed E-state index contributed by atoms with van der Waals surface area (Å²) in [5, 5.41) is 0. The van der Waals surface area contributed by atoms with Crippen molar-refractivity contribution in [3.8, 4) is 0 Å². The third kappa shape index (κ3) is 5.98. The van der Waals surface area contributed by atoms with Gasteiger partial charge >= 0.3 is 5.97 Å². The van der Waals surface area contributed by atoms with Crippen LogP contribution in [0.2, 0.25) is 0 Å². The molecule has 9 heteroatoms. The SMILES string of the molecule is O=C(OCC(=O)N(C1CCCCC1)C1CCCCC1)c1cccc(S(=O)(=O)N2CCOCC2)c1. The van der Waals surface area contributed by atoms with E-state index in [-0.39, 0.29) is 48.1 Å². The van der Waals surface area contributed by atoms with Gasteiger partial charge in [0, 0.05) is 25.2 Å². The molecule has 0 N–H and O–H groups in total. The largest absolute Gasteiger partial charge is 0.452 e. The number of benzene rings is 1. The molecule has 1 aromatic carbocycles. The predicted molar refractivity (Wildman–Crippen MR) is 127 cm³/mol. The highest BCUT2D eigenvalue weighted by Crippen LogP contribution is 2.30. The van der Waals surface area contributed by atoms with E-state index in [0.717, 1.165) is 51.4 Å². The van der Waals surface area contributed by atoms with E-state index in [1.165, 1.54) is 41.4 Å². The summed E-state index contributed by atoms with van der Waals surface area (Å²) in [4.78, 5) is 28.1. The van der Waals surface area contributed by atoms with Crippen LogP contribution in [0.4, 0.5) is 0 Å². The molecule has 0 spiro atoms. The summed E-state index contributed by atoms with van der Waals surface area (Å²) in [5.74, 6) is -0.816. The molecule has 4 rings (SSSR count). The lowest BCUT2D eigenvalue weighted by Crippen LogP contribution is -2.50. The summed E-state index contributed by atoms with van der Waals surface area (Å²) in [6.45, 7) is 0.947. The zero-order valence-electron chi connectivity index (χ0n) is 19.8. The van der Waals surface area contributed by atoms with Crippen molar-refractivity contribution in [1.82, 2.24) is 9.21 Å². The Morgan fingerprint density at radius 1 is 0.941 bits per heavy atom. The number of sulfonamides is 1. The summed E-state index contributed by atoms with van der Waals surface area (Å²) in [7, 11) is -3.72. The van der Waals surface area contributed by atoms with Crippen molar-refractivity contribution in [3.63, 3.8) is 0 Å². The van der Waals surface area contributed by atoms with E-state index in [4.69, 9.17) is 9.47 Å². The quantitative estimate of drug-likeness (QED) is 0.542. The number of hydrogen-bond donors (Lipinski definition) is 0. The van der Waals surface area contributed by atoms with Crippen LogP contribution in [0.5, 0.6) is 0 Å². The zero-order valence-corrected chi connectivity index (χ0v) is 20.6. The highest BCUT2D eigenvalue weighted by atomic mass is 32.2. The van der Waals surface area contributed by atoms with Crippen LogP contribution in [0.1, 0.15) is 74.6 Å². The van der Waals surface area contributed by atoms with Crippen molar-refractivity contribution in [1.29, 1.82) is 0 Å². The molecule has 0 bridgehead atoms. The summed E-state index contributed by atoms with van der Waals surface area (Å²) in [6.07, 6.45) is 11.0. The Bertz CT molecular complexity index is 930. The van der Waals surface area contributed by atoms with Crippen LogP contribution < -0.4 is 0 Å². The number of carbonyl (C=O) groups excluding carboxylic acids is 2. The van der Waals surface area contributed by atoms with Crippen LogP contribution in [0.25, 0.3) is 0 Å². The van der Waals surface area contributed by atoms with Crippen LogP contribution in [0, 0.1) is 0 Å². The van der Waals surface area contributed by atoms with Crippen LogP contribution in [0.15, 0.2) is 29.2 Å². The fraction of sp³-hybridized carbons (Fsp3) is 0.680. The van der Waals surface area contributed by atoms with Gasteiger partial charge in [0.25, 0.3) is 5.91 Å². The number of ether oxygens (including phenoxy) is 2. The number of esters is 1. The lowest BCUT2D eigenvalue weighted by atomic mass is 9.88. The molecule has 1 aromatic rings. The van der Waals surface area contributed by atoms with E-state index in [9.17, 15) is 18.0 Å². The minimum absolute atomic E-state index is 0.0428. The molecule has 34 heavy (non-hydrogen) atoms. The number of amides is 1. The highest BCUT2D eigenvalue weighted by molar-refractivity contribution is 7.89. The van der Waals surface area contributed by atoms with Crippen molar-refractivity contribution in [2.75, 3.05) is 32.9 Å².